The van der Waals surface area contributed by atoms with E-state index in [1.165, 1.54) is 0 Å². The SMILES string of the molecule is COc1ccc(C2CC(c3ccc(O)c(C)c3)=NO2)cc1. The Balaban J connectivity index is 1.75. The molecule has 2 aromatic carbocycles. The zero-order chi connectivity index (χ0) is 14.8. The maximum absolute atomic E-state index is 9.58. The van der Waals surface area contributed by atoms with Crippen LogP contribution in [0.3, 0.4) is 0 Å². The molecule has 1 N–H and O–H groups in total. The Bertz CT molecular complexity index is 677. The van der Waals surface area contributed by atoms with Crippen LogP contribution in [-0.4, -0.2) is 17.9 Å². The topological polar surface area (TPSA) is 51.0 Å². The number of aryl methyl sites for hydroxylation is 1. The molecule has 1 aliphatic heterocycles. The van der Waals surface area contributed by atoms with Gasteiger partial charge in [0.05, 0.1) is 12.8 Å². The van der Waals surface area contributed by atoms with Gasteiger partial charge in [-0.2, -0.15) is 0 Å². The van der Waals surface area contributed by atoms with Gasteiger partial charge in [-0.15, -0.1) is 0 Å². The standard InChI is InChI=1S/C17H17NO3/c1-11-9-13(5-8-16(11)19)15-10-17(21-18-15)12-3-6-14(20-2)7-4-12/h3-9,17,19H,10H2,1-2H3. The smallest absolute Gasteiger partial charge is 0.158 e. The van der Waals surface area contributed by atoms with E-state index in [-0.39, 0.29) is 6.10 Å². The third-order valence-corrected chi connectivity index (χ3v) is 3.69. The van der Waals surface area contributed by atoms with Crippen LogP contribution in [0.15, 0.2) is 47.6 Å². The molecule has 0 spiro atoms. The van der Waals surface area contributed by atoms with Gasteiger partial charge in [-0.1, -0.05) is 17.3 Å². The van der Waals surface area contributed by atoms with Crippen molar-refractivity contribution in [2.45, 2.75) is 19.4 Å². The first-order valence-corrected chi connectivity index (χ1v) is 6.84. The monoisotopic (exact) mass is 283 g/mol. The van der Waals surface area contributed by atoms with Crippen LogP contribution >= 0.6 is 0 Å². The highest BCUT2D eigenvalue weighted by Crippen LogP contribution is 2.31. The highest BCUT2D eigenvalue weighted by molar-refractivity contribution is 6.01. The minimum Gasteiger partial charge on any atom is -0.508 e. The fraction of sp³-hybridized carbons (Fsp3) is 0.235. The number of benzene rings is 2. The maximum atomic E-state index is 9.58. The molecule has 3 rings (SSSR count). The first-order chi connectivity index (χ1) is 10.2. The molecule has 1 aliphatic rings. The van der Waals surface area contributed by atoms with Crippen LogP contribution in [-0.2, 0) is 4.84 Å². The lowest BCUT2D eigenvalue weighted by atomic mass is 9.99. The van der Waals surface area contributed by atoms with Gasteiger partial charge in [0.2, 0.25) is 0 Å². The number of nitrogens with zero attached hydrogens (tertiary/aromatic N) is 1. The molecule has 0 fully saturated rings. The van der Waals surface area contributed by atoms with E-state index in [1.807, 2.05) is 43.3 Å². The second-order valence-electron chi connectivity index (χ2n) is 5.11. The van der Waals surface area contributed by atoms with Crippen molar-refractivity contribution < 1.29 is 14.7 Å². The Hall–Kier alpha value is -2.49. The Kier molecular flexibility index (Phi) is 3.52. The highest BCUT2D eigenvalue weighted by Gasteiger charge is 2.24. The van der Waals surface area contributed by atoms with Gasteiger partial charge in [0.1, 0.15) is 11.5 Å². The Morgan fingerprint density at radius 1 is 1.19 bits per heavy atom. The second-order valence-corrected chi connectivity index (χ2v) is 5.11. The van der Waals surface area contributed by atoms with Crippen molar-refractivity contribution >= 4 is 5.71 Å². The summed E-state index contributed by atoms with van der Waals surface area (Å²) in [6.07, 6.45) is 0.649. The van der Waals surface area contributed by atoms with Crippen LogP contribution in [0.2, 0.25) is 0 Å². The number of oxime groups is 1. The predicted molar refractivity (Wildman–Crippen MR) is 80.8 cm³/mol. The molecule has 21 heavy (non-hydrogen) atoms. The quantitative estimate of drug-likeness (QED) is 0.936. The molecule has 4 heteroatoms. The molecule has 0 radical (unpaired) electrons. The summed E-state index contributed by atoms with van der Waals surface area (Å²) in [5, 5.41) is 13.8. The normalized spacial score (nSPS) is 17.2. The summed E-state index contributed by atoms with van der Waals surface area (Å²) in [5.74, 6) is 1.12. The highest BCUT2D eigenvalue weighted by atomic mass is 16.6. The van der Waals surface area contributed by atoms with Crippen LogP contribution in [0.1, 0.15) is 29.2 Å². The average molecular weight is 283 g/mol. The number of phenolic OH excluding ortho intramolecular Hbond substituents is 1. The molecule has 1 atom stereocenters. The summed E-state index contributed by atoms with van der Waals surface area (Å²) < 4.78 is 5.15. The molecule has 108 valence electrons. The Morgan fingerprint density at radius 2 is 1.95 bits per heavy atom. The molecule has 0 aliphatic carbocycles. The minimum atomic E-state index is -0.0694. The number of aromatic hydroxyl groups is 1. The van der Waals surface area contributed by atoms with Crippen molar-refractivity contribution in [3.63, 3.8) is 0 Å². The molecule has 0 aromatic heterocycles. The molecule has 0 saturated carbocycles. The van der Waals surface area contributed by atoms with E-state index in [2.05, 4.69) is 5.16 Å². The molecule has 0 bridgehead atoms. The molecule has 0 amide bonds. The van der Waals surface area contributed by atoms with E-state index in [4.69, 9.17) is 9.57 Å². The third kappa shape index (κ3) is 2.70. The first kappa shape index (κ1) is 13.5. The number of hydrogen-bond acceptors (Lipinski definition) is 4. The van der Waals surface area contributed by atoms with Crippen molar-refractivity contribution in [2.75, 3.05) is 7.11 Å². The van der Waals surface area contributed by atoms with E-state index in [0.29, 0.717) is 5.75 Å². The maximum Gasteiger partial charge on any atom is 0.158 e. The van der Waals surface area contributed by atoms with Gasteiger partial charge in [-0.3, -0.25) is 0 Å². The largest absolute Gasteiger partial charge is 0.508 e. The van der Waals surface area contributed by atoms with Crippen molar-refractivity contribution in [1.29, 1.82) is 0 Å². The van der Waals surface area contributed by atoms with Gasteiger partial charge in [0.15, 0.2) is 6.10 Å². The van der Waals surface area contributed by atoms with Gasteiger partial charge in [0.25, 0.3) is 0 Å². The van der Waals surface area contributed by atoms with Gasteiger partial charge >= 0.3 is 0 Å². The van der Waals surface area contributed by atoms with E-state index >= 15 is 0 Å². The van der Waals surface area contributed by atoms with Crippen LogP contribution < -0.4 is 4.74 Å². The minimum absolute atomic E-state index is 0.0694. The van der Waals surface area contributed by atoms with Gasteiger partial charge < -0.3 is 14.7 Å². The summed E-state index contributed by atoms with van der Waals surface area (Å²) in [5.41, 5.74) is 3.80. The number of hydrogen-bond donors (Lipinski definition) is 1. The summed E-state index contributed by atoms with van der Waals surface area (Å²) in [7, 11) is 1.65. The predicted octanol–water partition coefficient (Wildman–Crippen LogP) is 3.57. The Labute approximate surface area is 123 Å². The number of ether oxygens (including phenoxy) is 1. The third-order valence-electron chi connectivity index (χ3n) is 3.69. The number of rotatable bonds is 3. The van der Waals surface area contributed by atoms with E-state index in [9.17, 15) is 5.11 Å². The second kappa shape index (κ2) is 5.48. The van der Waals surface area contributed by atoms with Crippen LogP contribution in [0.5, 0.6) is 11.5 Å². The van der Waals surface area contributed by atoms with Gasteiger partial charge in [-0.25, -0.2) is 0 Å². The van der Waals surface area contributed by atoms with Crippen molar-refractivity contribution in [3.8, 4) is 11.5 Å². The molecule has 1 heterocycles. The summed E-state index contributed by atoms with van der Waals surface area (Å²) in [6, 6.07) is 13.3. The molecule has 4 nitrogen and oxygen atoms in total. The number of phenols is 1. The lowest BCUT2D eigenvalue weighted by Gasteiger charge is -2.09. The van der Waals surface area contributed by atoms with Crippen molar-refractivity contribution in [1.82, 2.24) is 0 Å². The molecule has 0 saturated heterocycles. The molecule has 2 aromatic rings. The average Bonchev–Trinajstić information content (AvgIpc) is 3.00. The lowest BCUT2D eigenvalue weighted by Crippen LogP contribution is -2.02. The van der Waals surface area contributed by atoms with Crippen LogP contribution in [0.4, 0.5) is 0 Å². The fourth-order valence-corrected chi connectivity index (χ4v) is 2.38. The van der Waals surface area contributed by atoms with Crippen LogP contribution in [0.25, 0.3) is 0 Å². The molecular weight excluding hydrogens is 266 g/mol. The summed E-state index contributed by atoms with van der Waals surface area (Å²) in [4.78, 5) is 5.53. The van der Waals surface area contributed by atoms with Crippen molar-refractivity contribution in [2.24, 2.45) is 5.16 Å². The Morgan fingerprint density at radius 3 is 2.62 bits per heavy atom. The van der Waals surface area contributed by atoms with Gasteiger partial charge in [-0.05, 0) is 53.9 Å². The van der Waals surface area contributed by atoms with E-state index in [0.717, 1.165) is 34.6 Å². The van der Waals surface area contributed by atoms with E-state index in [1.54, 1.807) is 13.2 Å². The molecule has 1 unspecified atom stereocenters. The zero-order valence-electron chi connectivity index (χ0n) is 12.0. The lowest BCUT2D eigenvalue weighted by molar-refractivity contribution is 0.0857. The fourth-order valence-electron chi connectivity index (χ4n) is 2.38. The van der Waals surface area contributed by atoms with Gasteiger partial charge in [0, 0.05) is 6.42 Å². The zero-order valence-corrected chi connectivity index (χ0v) is 12.0. The van der Waals surface area contributed by atoms with Crippen molar-refractivity contribution in [3.05, 3.63) is 59.2 Å². The first-order valence-electron chi connectivity index (χ1n) is 6.84. The summed E-state index contributed by atoms with van der Waals surface area (Å²) in [6.45, 7) is 1.87. The van der Waals surface area contributed by atoms with E-state index < -0.39 is 0 Å². The number of methoxy groups -OCH3 is 1. The summed E-state index contributed by atoms with van der Waals surface area (Å²) >= 11 is 0. The molecular formula is C17H17NO3. The van der Waals surface area contributed by atoms with Crippen LogP contribution in [0, 0.1) is 6.92 Å².